The van der Waals surface area contributed by atoms with Crippen molar-refractivity contribution >= 4 is 16.8 Å². The summed E-state index contributed by atoms with van der Waals surface area (Å²) in [7, 11) is 6.16. The van der Waals surface area contributed by atoms with Crippen LogP contribution in [0.4, 0.5) is 0 Å². The van der Waals surface area contributed by atoms with Crippen LogP contribution in [-0.4, -0.2) is 62.8 Å². The van der Waals surface area contributed by atoms with Gasteiger partial charge in [0.25, 0.3) is 5.91 Å². The molecule has 1 aromatic carbocycles. The van der Waals surface area contributed by atoms with E-state index in [2.05, 4.69) is 58.1 Å². The molecule has 6 nitrogen and oxygen atoms in total. The molecular formula is C24H31N5O. The van der Waals surface area contributed by atoms with Crippen molar-refractivity contribution in [3.63, 3.8) is 0 Å². The summed E-state index contributed by atoms with van der Waals surface area (Å²) in [4.78, 5) is 18.2. The molecule has 1 atom stereocenters. The highest BCUT2D eigenvalue weighted by molar-refractivity contribution is 6.07. The number of amides is 1. The van der Waals surface area contributed by atoms with Gasteiger partial charge in [-0.2, -0.15) is 5.10 Å². The molecule has 6 heteroatoms. The fourth-order valence-corrected chi connectivity index (χ4v) is 4.90. The number of nitrogens with zero attached hydrogens (tertiary/aromatic N) is 5. The zero-order valence-electron chi connectivity index (χ0n) is 18.2. The topological polar surface area (TPSA) is 46.3 Å². The van der Waals surface area contributed by atoms with Gasteiger partial charge in [-0.1, -0.05) is 6.07 Å². The van der Waals surface area contributed by atoms with Crippen LogP contribution in [0.2, 0.25) is 0 Å². The summed E-state index contributed by atoms with van der Waals surface area (Å²) < 4.78 is 4.17. The van der Waals surface area contributed by atoms with Gasteiger partial charge in [-0.05, 0) is 70.0 Å². The maximum atomic E-state index is 13.8. The minimum Gasteiger partial charge on any atom is -0.346 e. The van der Waals surface area contributed by atoms with Gasteiger partial charge >= 0.3 is 0 Å². The lowest BCUT2D eigenvalue weighted by Crippen LogP contribution is -2.44. The smallest absolute Gasteiger partial charge is 0.255 e. The average molecular weight is 406 g/mol. The van der Waals surface area contributed by atoms with Crippen LogP contribution in [0, 0.1) is 0 Å². The predicted molar refractivity (Wildman–Crippen MR) is 119 cm³/mol. The zero-order valence-corrected chi connectivity index (χ0v) is 18.2. The summed E-state index contributed by atoms with van der Waals surface area (Å²) in [5.41, 5.74) is 4.51. The van der Waals surface area contributed by atoms with Gasteiger partial charge in [0.15, 0.2) is 0 Å². The van der Waals surface area contributed by atoms with Crippen molar-refractivity contribution in [1.82, 2.24) is 24.1 Å². The number of carbonyl (C=O) groups excluding carboxylic acids is 1. The second kappa shape index (κ2) is 7.58. The van der Waals surface area contributed by atoms with E-state index in [9.17, 15) is 4.79 Å². The van der Waals surface area contributed by atoms with Gasteiger partial charge in [0.2, 0.25) is 0 Å². The average Bonchev–Trinajstić information content (AvgIpc) is 3.34. The second-order valence-electron chi connectivity index (χ2n) is 9.17. The Kier molecular flexibility index (Phi) is 4.89. The summed E-state index contributed by atoms with van der Waals surface area (Å²) in [6.45, 7) is 1.90. The molecule has 0 aliphatic heterocycles. The maximum Gasteiger partial charge on any atom is 0.255 e. The first-order valence-corrected chi connectivity index (χ1v) is 11.1. The molecule has 1 saturated carbocycles. The van der Waals surface area contributed by atoms with Gasteiger partial charge in [-0.15, -0.1) is 0 Å². The number of aromatic nitrogens is 3. The van der Waals surface area contributed by atoms with Crippen LogP contribution in [0.1, 0.15) is 40.9 Å². The highest BCUT2D eigenvalue weighted by Crippen LogP contribution is 2.35. The molecule has 2 aliphatic rings. The summed E-state index contributed by atoms with van der Waals surface area (Å²) in [6, 6.07) is 8.95. The molecule has 0 saturated heterocycles. The van der Waals surface area contributed by atoms with E-state index in [-0.39, 0.29) is 11.9 Å². The van der Waals surface area contributed by atoms with Gasteiger partial charge in [-0.25, -0.2) is 0 Å². The monoisotopic (exact) mass is 405 g/mol. The van der Waals surface area contributed by atoms with E-state index in [0.29, 0.717) is 6.04 Å². The van der Waals surface area contributed by atoms with Crippen LogP contribution in [0.3, 0.4) is 0 Å². The number of benzene rings is 1. The molecule has 0 bridgehead atoms. The molecule has 0 spiro atoms. The lowest BCUT2D eigenvalue weighted by atomic mass is 9.91. The van der Waals surface area contributed by atoms with Gasteiger partial charge in [-0.3, -0.25) is 9.48 Å². The Labute approximate surface area is 178 Å². The van der Waals surface area contributed by atoms with Crippen molar-refractivity contribution in [1.29, 1.82) is 0 Å². The number of hydrogen-bond acceptors (Lipinski definition) is 3. The van der Waals surface area contributed by atoms with Crippen molar-refractivity contribution in [2.24, 2.45) is 7.05 Å². The van der Waals surface area contributed by atoms with E-state index in [1.807, 2.05) is 23.9 Å². The van der Waals surface area contributed by atoms with Gasteiger partial charge < -0.3 is 14.4 Å². The minimum atomic E-state index is 0.200. The molecule has 5 rings (SSSR count). The first-order chi connectivity index (χ1) is 14.5. The number of likely N-dealkylation sites (N-methyl/N-ethyl adjacent to an activating group) is 1. The van der Waals surface area contributed by atoms with Crippen molar-refractivity contribution in [2.75, 3.05) is 20.6 Å². The number of carbonyl (C=O) groups is 1. The SMILES string of the molecule is CN(C)CCn1ccc2c(C(=O)N(C3CC3)C3CCc4nn(C)cc4C3)cccc21. The highest BCUT2D eigenvalue weighted by Gasteiger charge is 2.39. The largest absolute Gasteiger partial charge is 0.346 e. The Morgan fingerprint density at radius 3 is 2.77 bits per heavy atom. The van der Waals surface area contributed by atoms with Crippen LogP contribution in [-0.2, 0) is 26.4 Å². The van der Waals surface area contributed by atoms with Crippen molar-refractivity contribution in [3.05, 3.63) is 53.5 Å². The molecule has 0 N–H and O–H groups in total. The van der Waals surface area contributed by atoms with Crippen LogP contribution in [0.25, 0.3) is 10.9 Å². The quantitative estimate of drug-likeness (QED) is 0.633. The Morgan fingerprint density at radius 2 is 2.00 bits per heavy atom. The molecule has 2 heterocycles. The van der Waals surface area contributed by atoms with E-state index in [1.165, 1.54) is 11.3 Å². The Hall–Kier alpha value is -2.60. The third kappa shape index (κ3) is 3.54. The van der Waals surface area contributed by atoms with Crippen LogP contribution < -0.4 is 0 Å². The molecule has 3 aromatic rings. The number of hydrogen-bond donors (Lipinski definition) is 0. The minimum absolute atomic E-state index is 0.200. The third-order valence-corrected chi connectivity index (χ3v) is 6.56. The first kappa shape index (κ1) is 19.4. The molecular weight excluding hydrogens is 374 g/mol. The van der Waals surface area contributed by atoms with Crippen molar-refractivity contribution < 1.29 is 4.79 Å². The van der Waals surface area contributed by atoms with E-state index < -0.39 is 0 Å². The van der Waals surface area contributed by atoms with Crippen molar-refractivity contribution in [3.8, 4) is 0 Å². The van der Waals surface area contributed by atoms with Crippen LogP contribution >= 0.6 is 0 Å². The van der Waals surface area contributed by atoms with E-state index in [0.717, 1.165) is 61.7 Å². The molecule has 2 aromatic heterocycles. The lowest BCUT2D eigenvalue weighted by Gasteiger charge is -2.34. The number of rotatable bonds is 6. The fraction of sp³-hybridized carbons (Fsp3) is 0.500. The van der Waals surface area contributed by atoms with E-state index in [4.69, 9.17) is 0 Å². The third-order valence-electron chi connectivity index (χ3n) is 6.56. The zero-order chi connectivity index (χ0) is 20.8. The van der Waals surface area contributed by atoms with E-state index in [1.54, 1.807) is 0 Å². The summed E-state index contributed by atoms with van der Waals surface area (Å²) in [6.07, 6.45) is 9.39. The molecule has 0 radical (unpaired) electrons. The molecule has 158 valence electrons. The molecule has 2 aliphatic carbocycles. The van der Waals surface area contributed by atoms with Crippen LogP contribution in [0.15, 0.2) is 36.7 Å². The predicted octanol–water partition coefficient (Wildman–Crippen LogP) is 3.10. The standard InChI is InChI=1S/C24H31N5O/c1-26(2)13-14-28-12-11-20-21(5-4-6-23(20)28)24(30)29(18-7-8-18)19-9-10-22-17(15-19)16-27(3)25-22/h4-6,11-12,16,18-19H,7-10,13-15H2,1-3H3. The Morgan fingerprint density at radius 1 is 1.17 bits per heavy atom. The number of aryl methyl sites for hydroxylation is 2. The lowest BCUT2D eigenvalue weighted by molar-refractivity contribution is 0.0645. The molecule has 1 amide bonds. The van der Waals surface area contributed by atoms with Gasteiger partial charge in [0.05, 0.1) is 5.69 Å². The number of fused-ring (bicyclic) bond motifs is 2. The van der Waals surface area contributed by atoms with Crippen LogP contribution in [0.5, 0.6) is 0 Å². The van der Waals surface area contributed by atoms with Crippen molar-refractivity contribution in [2.45, 2.75) is 50.7 Å². The Bertz CT molecular complexity index is 1070. The maximum absolute atomic E-state index is 13.8. The molecule has 1 unspecified atom stereocenters. The van der Waals surface area contributed by atoms with Gasteiger partial charge in [0.1, 0.15) is 0 Å². The highest BCUT2D eigenvalue weighted by atomic mass is 16.2. The normalized spacial score (nSPS) is 18.7. The van der Waals surface area contributed by atoms with E-state index >= 15 is 0 Å². The van der Waals surface area contributed by atoms with Gasteiger partial charge in [0, 0.05) is 61.1 Å². The summed E-state index contributed by atoms with van der Waals surface area (Å²) >= 11 is 0. The first-order valence-electron chi connectivity index (χ1n) is 11.1. The second-order valence-corrected chi connectivity index (χ2v) is 9.17. The summed E-state index contributed by atoms with van der Waals surface area (Å²) in [5, 5.41) is 5.66. The summed E-state index contributed by atoms with van der Waals surface area (Å²) in [5.74, 6) is 0.200. The fourth-order valence-electron chi connectivity index (χ4n) is 4.90. The Balaban J connectivity index is 1.44. The molecule has 30 heavy (non-hydrogen) atoms. The molecule has 1 fully saturated rings.